The Kier molecular flexibility index (Phi) is 4.48. The van der Waals surface area contributed by atoms with E-state index in [1.165, 1.54) is 23.0 Å². The molecule has 0 saturated heterocycles. The highest BCUT2D eigenvalue weighted by Crippen LogP contribution is 2.34. The van der Waals surface area contributed by atoms with Crippen LogP contribution in [0.3, 0.4) is 0 Å². The van der Waals surface area contributed by atoms with Gasteiger partial charge in [-0.15, -0.1) is 0 Å². The molecule has 1 unspecified atom stereocenters. The van der Waals surface area contributed by atoms with E-state index in [9.17, 15) is 14.0 Å². The first-order valence-electron chi connectivity index (χ1n) is 9.77. The first-order valence-corrected chi connectivity index (χ1v) is 10.1. The molecule has 1 aromatic carbocycles. The van der Waals surface area contributed by atoms with Gasteiger partial charge in [0.15, 0.2) is 0 Å². The van der Waals surface area contributed by atoms with Crippen molar-refractivity contribution >= 4 is 28.5 Å². The molecule has 0 fully saturated rings. The first-order chi connectivity index (χ1) is 14.8. The number of rotatable bonds is 3. The van der Waals surface area contributed by atoms with E-state index in [2.05, 4.69) is 4.98 Å². The number of nitrogens with zero attached hydrogens (tertiary/aromatic N) is 4. The maximum atomic E-state index is 13.7. The standard InChI is InChI=1S/C22H18ClFN4O3/c1-12-9-26(11-25-12)18-3-4-19-22(30)27(5-6-28(19)21(18)29)13(2)15-10-31-20-8-17(24)16(23)7-14(15)20/h3-4,7-11,13H,5-6H2,1-2H3. The summed E-state index contributed by atoms with van der Waals surface area (Å²) < 4.78 is 22.4. The number of hydrogen-bond donors (Lipinski definition) is 0. The van der Waals surface area contributed by atoms with Crippen molar-refractivity contribution in [3.05, 3.63) is 81.2 Å². The van der Waals surface area contributed by atoms with E-state index in [1.807, 2.05) is 13.8 Å². The lowest BCUT2D eigenvalue weighted by Gasteiger charge is -2.34. The Morgan fingerprint density at radius 1 is 1.23 bits per heavy atom. The quantitative estimate of drug-likeness (QED) is 0.481. The van der Waals surface area contributed by atoms with Gasteiger partial charge < -0.3 is 18.5 Å². The number of aromatic nitrogens is 3. The van der Waals surface area contributed by atoms with Crippen LogP contribution in [-0.4, -0.2) is 31.5 Å². The van der Waals surface area contributed by atoms with Crippen LogP contribution in [0.1, 0.15) is 34.7 Å². The summed E-state index contributed by atoms with van der Waals surface area (Å²) in [7, 11) is 0. The minimum Gasteiger partial charge on any atom is -0.464 e. The highest BCUT2D eigenvalue weighted by molar-refractivity contribution is 6.31. The average molecular weight is 441 g/mol. The van der Waals surface area contributed by atoms with E-state index < -0.39 is 5.82 Å². The fourth-order valence-electron chi connectivity index (χ4n) is 4.08. The number of amides is 1. The lowest BCUT2D eigenvalue weighted by Crippen LogP contribution is -2.45. The number of carbonyl (C=O) groups is 1. The number of aryl methyl sites for hydroxylation is 1. The molecule has 0 N–H and O–H groups in total. The molecule has 0 aliphatic carbocycles. The van der Waals surface area contributed by atoms with Gasteiger partial charge in [-0.1, -0.05) is 11.6 Å². The Balaban J connectivity index is 1.51. The van der Waals surface area contributed by atoms with Crippen LogP contribution in [0.15, 0.2) is 52.3 Å². The average Bonchev–Trinajstić information content (AvgIpc) is 3.35. The number of benzene rings is 1. The van der Waals surface area contributed by atoms with Crippen LogP contribution in [0.2, 0.25) is 5.02 Å². The van der Waals surface area contributed by atoms with Crippen LogP contribution in [0.5, 0.6) is 0 Å². The van der Waals surface area contributed by atoms with Crippen LogP contribution >= 0.6 is 11.6 Å². The predicted octanol–water partition coefficient (Wildman–Crippen LogP) is 4.10. The van der Waals surface area contributed by atoms with Crippen molar-refractivity contribution in [2.45, 2.75) is 26.4 Å². The molecule has 0 bridgehead atoms. The Morgan fingerprint density at radius 3 is 2.77 bits per heavy atom. The highest BCUT2D eigenvalue weighted by atomic mass is 35.5. The second kappa shape index (κ2) is 7.09. The Morgan fingerprint density at radius 2 is 2.03 bits per heavy atom. The minimum absolute atomic E-state index is 0.00788. The van der Waals surface area contributed by atoms with Gasteiger partial charge in [0.1, 0.15) is 22.8 Å². The normalized spacial score (nSPS) is 14.8. The van der Waals surface area contributed by atoms with Gasteiger partial charge in [-0.2, -0.15) is 0 Å². The maximum Gasteiger partial charge on any atom is 0.275 e. The number of furan rings is 1. The summed E-state index contributed by atoms with van der Waals surface area (Å²) >= 11 is 5.95. The summed E-state index contributed by atoms with van der Waals surface area (Å²) in [6.45, 7) is 4.42. The van der Waals surface area contributed by atoms with Crippen LogP contribution in [0.4, 0.5) is 4.39 Å². The minimum atomic E-state index is -0.561. The van der Waals surface area contributed by atoms with Gasteiger partial charge in [-0.3, -0.25) is 9.59 Å². The van der Waals surface area contributed by atoms with Gasteiger partial charge in [0, 0.05) is 36.3 Å². The molecule has 9 heteroatoms. The van der Waals surface area contributed by atoms with Gasteiger partial charge in [-0.25, -0.2) is 9.37 Å². The predicted molar refractivity (Wildman–Crippen MR) is 113 cm³/mol. The summed E-state index contributed by atoms with van der Waals surface area (Å²) in [5.41, 5.74) is 2.41. The summed E-state index contributed by atoms with van der Waals surface area (Å²) in [6.07, 6.45) is 4.86. The van der Waals surface area contributed by atoms with Crippen LogP contribution in [0.25, 0.3) is 16.7 Å². The molecule has 4 heterocycles. The lowest BCUT2D eigenvalue weighted by molar-refractivity contribution is 0.0628. The van der Waals surface area contributed by atoms with Crippen LogP contribution in [-0.2, 0) is 6.54 Å². The van der Waals surface area contributed by atoms with Gasteiger partial charge >= 0.3 is 0 Å². The van der Waals surface area contributed by atoms with Crippen molar-refractivity contribution in [1.29, 1.82) is 0 Å². The summed E-state index contributed by atoms with van der Waals surface area (Å²) in [5.74, 6) is -0.819. The number of fused-ring (bicyclic) bond motifs is 2. The molecular formula is C22H18ClFN4O3. The van der Waals surface area contributed by atoms with Crippen molar-refractivity contribution in [2.75, 3.05) is 6.54 Å². The van der Waals surface area contributed by atoms with E-state index in [0.717, 1.165) is 11.3 Å². The third-order valence-electron chi connectivity index (χ3n) is 5.75. The summed E-state index contributed by atoms with van der Waals surface area (Å²) in [6, 6.07) is 5.69. The summed E-state index contributed by atoms with van der Waals surface area (Å²) in [5, 5.41) is 0.645. The third kappa shape index (κ3) is 3.06. The van der Waals surface area contributed by atoms with Crippen molar-refractivity contribution in [3.8, 4) is 5.69 Å². The molecule has 4 aromatic rings. The van der Waals surface area contributed by atoms with Crippen molar-refractivity contribution in [1.82, 2.24) is 19.0 Å². The van der Waals surface area contributed by atoms with E-state index in [0.29, 0.717) is 35.4 Å². The third-order valence-corrected chi connectivity index (χ3v) is 6.04. The molecule has 158 valence electrons. The zero-order valence-electron chi connectivity index (χ0n) is 16.8. The molecule has 1 aliphatic heterocycles. The summed E-state index contributed by atoms with van der Waals surface area (Å²) in [4.78, 5) is 32.1. The highest BCUT2D eigenvalue weighted by Gasteiger charge is 2.31. The first kappa shape index (κ1) is 19.6. The number of hydrogen-bond acceptors (Lipinski definition) is 4. The molecule has 1 amide bonds. The van der Waals surface area contributed by atoms with E-state index in [4.69, 9.17) is 16.0 Å². The zero-order chi connectivity index (χ0) is 21.9. The van der Waals surface area contributed by atoms with Crippen molar-refractivity contribution in [2.24, 2.45) is 0 Å². The molecule has 7 nitrogen and oxygen atoms in total. The van der Waals surface area contributed by atoms with E-state index in [1.54, 1.807) is 34.1 Å². The number of imidazole rings is 1. The Bertz CT molecular complexity index is 1400. The molecule has 31 heavy (non-hydrogen) atoms. The Labute approximate surface area is 181 Å². The zero-order valence-corrected chi connectivity index (χ0v) is 17.6. The molecule has 1 atom stereocenters. The molecule has 0 saturated carbocycles. The van der Waals surface area contributed by atoms with Crippen molar-refractivity contribution < 1.29 is 13.6 Å². The monoisotopic (exact) mass is 440 g/mol. The molecule has 5 rings (SSSR count). The van der Waals surface area contributed by atoms with Gasteiger partial charge in [-0.05, 0) is 32.0 Å². The number of carbonyl (C=O) groups excluding carboxylic acids is 1. The topological polar surface area (TPSA) is 73.3 Å². The van der Waals surface area contributed by atoms with Crippen molar-refractivity contribution in [3.63, 3.8) is 0 Å². The number of halogens is 2. The SMILES string of the molecule is Cc1cn(-c2ccc3n(c2=O)CCN(C(C)c2coc4cc(F)c(Cl)cc24)C3=O)cn1. The second-order valence-electron chi connectivity index (χ2n) is 7.61. The fraction of sp³-hybridized carbons (Fsp3) is 0.227. The van der Waals surface area contributed by atoms with Gasteiger partial charge in [0.25, 0.3) is 11.5 Å². The molecule has 0 radical (unpaired) electrons. The molecule has 1 aliphatic rings. The Hall–Kier alpha value is -3.39. The number of pyridine rings is 1. The van der Waals surface area contributed by atoms with Crippen LogP contribution in [0, 0.1) is 12.7 Å². The largest absolute Gasteiger partial charge is 0.464 e. The van der Waals surface area contributed by atoms with Gasteiger partial charge in [0.05, 0.1) is 29.3 Å². The molecule has 3 aromatic heterocycles. The lowest BCUT2D eigenvalue weighted by atomic mass is 10.0. The smallest absolute Gasteiger partial charge is 0.275 e. The second-order valence-corrected chi connectivity index (χ2v) is 8.02. The molecular weight excluding hydrogens is 423 g/mol. The van der Waals surface area contributed by atoms with E-state index >= 15 is 0 Å². The van der Waals surface area contributed by atoms with Crippen LogP contribution < -0.4 is 5.56 Å². The maximum absolute atomic E-state index is 13.7. The van der Waals surface area contributed by atoms with E-state index in [-0.39, 0.29) is 22.5 Å². The van der Waals surface area contributed by atoms with Gasteiger partial charge in [0.2, 0.25) is 0 Å². The molecule has 0 spiro atoms. The fourth-order valence-corrected chi connectivity index (χ4v) is 4.25.